The molecular formula is C21H22N2O3. The Labute approximate surface area is 152 Å². The average Bonchev–Trinajstić information content (AvgIpc) is 3.16. The van der Waals surface area contributed by atoms with E-state index < -0.39 is 0 Å². The highest BCUT2D eigenvalue weighted by Gasteiger charge is 2.39. The van der Waals surface area contributed by atoms with Gasteiger partial charge in [-0.2, -0.15) is 0 Å². The first kappa shape index (κ1) is 16.6. The fourth-order valence-electron chi connectivity index (χ4n) is 4.35. The van der Waals surface area contributed by atoms with Gasteiger partial charge in [-0.25, -0.2) is 0 Å². The number of para-hydroxylation sites is 1. The number of fused-ring (bicyclic) bond motifs is 3. The van der Waals surface area contributed by atoms with E-state index in [9.17, 15) is 10.1 Å². The van der Waals surface area contributed by atoms with E-state index in [1.165, 1.54) is 23.9 Å². The van der Waals surface area contributed by atoms with E-state index in [2.05, 4.69) is 42.6 Å². The smallest absolute Gasteiger partial charge is 0.311 e. The fraction of sp³-hybridized carbons (Fsp3) is 0.333. The molecule has 0 spiro atoms. The molecule has 0 unspecified atom stereocenters. The maximum Gasteiger partial charge on any atom is 0.311 e. The molecule has 5 nitrogen and oxygen atoms in total. The predicted molar refractivity (Wildman–Crippen MR) is 102 cm³/mol. The van der Waals surface area contributed by atoms with Crippen LogP contribution in [0.25, 0.3) is 0 Å². The number of methoxy groups -OCH3 is 1. The van der Waals surface area contributed by atoms with Crippen molar-refractivity contribution in [1.29, 1.82) is 0 Å². The maximum absolute atomic E-state index is 11.4. The Morgan fingerprint density at radius 2 is 2.15 bits per heavy atom. The SMILES string of the molecule is CCc1cccc2c1N[C@H](c1ccc(OC)c([N+](=O)[O-])c1)[C@@H]1CC=C[C@@H]21. The first-order valence-electron chi connectivity index (χ1n) is 9.01. The minimum absolute atomic E-state index is 0.0175. The number of allylic oxidation sites excluding steroid dienone is 2. The van der Waals surface area contributed by atoms with Gasteiger partial charge in [0.15, 0.2) is 5.75 Å². The highest BCUT2D eigenvalue weighted by atomic mass is 16.6. The van der Waals surface area contributed by atoms with Crippen LogP contribution in [0.1, 0.15) is 42.0 Å². The van der Waals surface area contributed by atoms with E-state index >= 15 is 0 Å². The third kappa shape index (κ3) is 2.55. The van der Waals surface area contributed by atoms with Crippen molar-refractivity contribution in [2.45, 2.75) is 31.7 Å². The summed E-state index contributed by atoms with van der Waals surface area (Å²) in [5.41, 5.74) is 4.76. The second-order valence-corrected chi connectivity index (χ2v) is 6.90. The molecule has 1 aliphatic heterocycles. The van der Waals surface area contributed by atoms with Crippen LogP contribution in [0.5, 0.6) is 5.75 Å². The average molecular weight is 350 g/mol. The number of hydrogen-bond acceptors (Lipinski definition) is 4. The lowest BCUT2D eigenvalue weighted by atomic mass is 9.76. The third-order valence-corrected chi connectivity index (χ3v) is 5.62. The summed E-state index contributed by atoms with van der Waals surface area (Å²) in [6, 6.07) is 11.8. The van der Waals surface area contributed by atoms with Crippen molar-refractivity contribution in [2.75, 3.05) is 12.4 Å². The second kappa shape index (κ2) is 6.48. The van der Waals surface area contributed by atoms with Crippen LogP contribution in [0.15, 0.2) is 48.6 Å². The van der Waals surface area contributed by atoms with Crippen molar-refractivity contribution in [3.8, 4) is 5.75 Å². The Balaban J connectivity index is 1.80. The monoisotopic (exact) mass is 350 g/mol. The molecule has 1 heterocycles. The van der Waals surface area contributed by atoms with Crippen LogP contribution in [-0.2, 0) is 6.42 Å². The molecule has 0 bridgehead atoms. The Kier molecular flexibility index (Phi) is 4.15. The van der Waals surface area contributed by atoms with Gasteiger partial charge in [-0.3, -0.25) is 10.1 Å². The van der Waals surface area contributed by atoms with Gasteiger partial charge >= 0.3 is 5.69 Å². The van der Waals surface area contributed by atoms with Gasteiger partial charge in [0.05, 0.1) is 18.1 Å². The molecule has 0 radical (unpaired) electrons. The molecule has 0 fully saturated rings. The number of nitrogens with zero attached hydrogens (tertiary/aromatic N) is 1. The van der Waals surface area contributed by atoms with E-state index in [0.29, 0.717) is 17.6 Å². The number of hydrogen-bond donors (Lipinski definition) is 1. The quantitative estimate of drug-likeness (QED) is 0.479. The standard InChI is InChI=1S/C21H22N2O3/c1-3-13-6-4-8-16-15-7-5-9-17(15)21(22-20(13)16)14-10-11-19(26-2)18(12-14)23(24)25/h4-8,10-12,15,17,21-22H,3,9H2,1-2H3/t15-,17+,21+/m0/s1. The van der Waals surface area contributed by atoms with Gasteiger partial charge in [0.2, 0.25) is 0 Å². The van der Waals surface area contributed by atoms with E-state index in [-0.39, 0.29) is 16.7 Å². The van der Waals surface area contributed by atoms with Crippen molar-refractivity contribution < 1.29 is 9.66 Å². The number of aryl methyl sites for hydroxylation is 1. The lowest BCUT2D eigenvalue weighted by molar-refractivity contribution is -0.385. The number of nitro groups is 1. The van der Waals surface area contributed by atoms with E-state index in [1.54, 1.807) is 12.1 Å². The first-order chi connectivity index (χ1) is 12.6. The minimum Gasteiger partial charge on any atom is -0.490 e. The Morgan fingerprint density at radius 3 is 2.88 bits per heavy atom. The molecule has 2 aromatic carbocycles. The van der Waals surface area contributed by atoms with Gasteiger partial charge in [-0.1, -0.05) is 43.3 Å². The maximum atomic E-state index is 11.4. The highest BCUT2D eigenvalue weighted by Crippen LogP contribution is 2.51. The van der Waals surface area contributed by atoms with Crippen molar-refractivity contribution in [3.05, 3.63) is 75.4 Å². The zero-order valence-electron chi connectivity index (χ0n) is 14.9. The molecule has 0 saturated heterocycles. The molecule has 0 aromatic heterocycles. The fourth-order valence-corrected chi connectivity index (χ4v) is 4.35. The third-order valence-electron chi connectivity index (χ3n) is 5.62. The highest BCUT2D eigenvalue weighted by molar-refractivity contribution is 5.65. The van der Waals surface area contributed by atoms with Gasteiger partial charge in [-0.15, -0.1) is 0 Å². The molecule has 1 N–H and O–H groups in total. The van der Waals surface area contributed by atoms with Crippen LogP contribution in [0.4, 0.5) is 11.4 Å². The summed E-state index contributed by atoms with van der Waals surface area (Å²) in [7, 11) is 1.46. The molecule has 4 rings (SSSR count). The summed E-state index contributed by atoms with van der Waals surface area (Å²) in [4.78, 5) is 11.1. The number of ether oxygens (including phenoxy) is 1. The normalized spacial score (nSPS) is 23.1. The predicted octanol–water partition coefficient (Wildman–Crippen LogP) is 4.99. The molecule has 3 atom stereocenters. The van der Waals surface area contributed by atoms with Gasteiger partial charge in [0.25, 0.3) is 0 Å². The number of nitro benzene ring substituents is 1. The van der Waals surface area contributed by atoms with Gasteiger partial charge < -0.3 is 10.1 Å². The summed E-state index contributed by atoms with van der Waals surface area (Å²) in [5.74, 6) is 1.01. The molecule has 2 aromatic rings. The van der Waals surface area contributed by atoms with Gasteiger partial charge in [0.1, 0.15) is 0 Å². The second-order valence-electron chi connectivity index (χ2n) is 6.90. The molecule has 2 aliphatic rings. The summed E-state index contributed by atoms with van der Waals surface area (Å²) in [5, 5.41) is 15.1. The van der Waals surface area contributed by atoms with E-state index in [4.69, 9.17) is 4.74 Å². The molecular weight excluding hydrogens is 328 g/mol. The summed E-state index contributed by atoms with van der Waals surface area (Å²) in [6.45, 7) is 2.15. The van der Waals surface area contributed by atoms with Crippen LogP contribution in [0.3, 0.4) is 0 Å². The largest absolute Gasteiger partial charge is 0.490 e. The van der Waals surface area contributed by atoms with Crippen molar-refractivity contribution >= 4 is 11.4 Å². The number of anilines is 1. The number of rotatable bonds is 4. The lowest BCUT2D eigenvalue weighted by Crippen LogP contribution is -2.29. The summed E-state index contributed by atoms with van der Waals surface area (Å²) < 4.78 is 5.15. The van der Waals surface area contributed by atoms with Crippen molar-refractivity contribution in [3.63, 3.8) is 0 Å². The molecule has 134 valence electrons. The summed E-state index contributed by atoms with van der Waals surface area (Å²) >= 11 is 0. The van der Waals surface area contributed by atoms with Crippen molar-refractivity contribution in [1.82, 2.24) is 0 Å². The molecule has 0 amide bonds. The zero-order valence-corrected chi connectivity index (χ0v) is 14.9. The minimum atomic E-state index is -0.374. The Bertz CT molecular complexity index is 891. The molecule has 5 heteroatoms. The Morgan fingerprint density at radius 1 is 1.31 bits per heavy atom. The molecule has 26 heavy (non-hydrogen) atoms. The van der Waals surface area contributed by atoms with Crippen LogP contribution in [0, 0.1) is 16.0 Å². The van der Waals surface area contributed by atoms with Gasteiger partial charge in [0, 0.05) is 17.7 Å². The number of nitrogens with one attached hydrogen (secondary N) is 1. The first-order valence-corrected chi connectivity index (χ1v) is 9.01. The molecule has 0 saturated carbocycles. The molecule has 1 aliphatic carbocycles. The summed E-state index contributed by atoms with van der Waals surface area (Å²) in [6.07, 6.45) is 6.44. The van der Waals surface area contributed by atoms with Crippen LogP contribution in [-0.4, -0.2) is 12.0 Å². The van der Waals surface area contributed by atoms with Crippen molar-refractivity contribution in [2.24, 2.45) is 5.92 Å². The van der Waals surface area contributed by atoms with Gasteiger partial charge in [-0.05, 0) is 41.5 Å². The lowest BCUT2D eigenvalue weighted by Gasteiger charge is -2.38. The van der Waals surface area contributed by atoms with Crippen LogP contribution in [0.2, 0.25) is 0 Å². The Hall–Kier alpha value is -2.82. The van der Waals surface area contributed by atoms with E-state index in [0.717, 1.165) is 18.4 Å². The number of benzene rings is 2. The van der Waals surface area contributed by atoms with Crippen LogP contribution < -0.4 is 10.1 Å². The van der Waals surface area contributed by atoms with E-state index in [1.807, 2.05) is 6.07 Å². The topological polar surface area (TPSA) is 64.4 Å². The van der Waals surface area contributed by atoms with Crippen LogP contribution >= 0.6 is 0 Å². The zero-order chi connectivity index (χ0) is 18.3.